The Bertz CT molecular complexity index is 71.9. The van der Waals surface area contributed by atoms with Gasteiger partial charge >= 0.3 is 11.8 Å². The van der Waals surface area contributed by atoms with E-state index in [2.05, 4.69) is 11.6 Å². The van der Waals surface area contributed by atoms with Crippen LogP contribution in [0.4, 0.5) is 4.79 Å². The summed E-state index contributed by atoms with van der Waals surface area (Å²) in [4.78, 5) is 18.5. The quantitative estimate of drug-likeness (QED) is 0.291. The van der Waals surface area contributed by atoms with E-state index >= 15 is 0 Å². The van der Waals surface area contributed by atoms with Crippen molar-refractivity contribution in [1.29, 1.82) is 0 Å². The molecule has 4 heteroatoms. The van der Waals surface area contributed by atoms with Crippen molar-refractivity contribution in [2.24, 2.45) is 0 Å². The summed E-state index contributed by atoms with van der Waals surface area (Å²) in [6.45, 7) is 0. The molecule has 1 radical (unpaired) electrons. The van der Waals surface area contributed by atoms with Crippen LogP contribution in [0.5, 0.6) is 0 Å². The minimum absolute atomic E-state index is 0.912. The van der Waals surface area contributed by atoms with E-state index in [-0.39, 0.29) is 0 Å². The van der Waals surface area contributed by atoms with Crippen molar-refractivity contribution in [3.63, 3.8) is 0 Å². The number of imide groups is 1. The highest BCUT2D eigenvalue weighted by Crippen LogP contribution is 1.69. The van der Waals surface area contributed by atoms with Gasteiger partial charge in [0.25, 0.3) is 0 Å². The number of halogens is 1. The lowest BCUT2D eigenvalue weighted by atomic mass is 11.2. The molecule has 1 N–H and O–H groups in total. The smallest absolute Gasteiger partial charge is 0.274 e. The Morgan fingerprint density at radius 2 is 2.33 bits per heavy atom. The molecule has 0 aromatic heterocycles. The molecule has 0 aliphatic heterocycles. The van der Waals surface area contributed by atoms with Gasteiger partial charge in [-0.15, -0.1) is 0 Å². The average Bonchev–Trinajstić information content (AvgIpc) is 1.35. The third-order valence-corrected chi connectivity index (χ3v) is 0.244. The van der Waals surface area contributed by atoms with E-state index in [1.807, 2.05) is 0 Å². The Balaban J connectivity index is 3.05. The van der Waals surface area contributed by atoms with Gasteiger partial charge in [0.1, 0.15) is 0 Å². The van der Waals surface area contributed by atoms with E-state index in [9.17, 15) is 4.79 Å². The number of amides is 2. The molecule has 0 saturated heterocycles. The molecule has 0 unspecified atom stereocenters. The molecule has 2 amide bonds. The number of carbonyl (C=O) groups excluding carboxylic acids is 2. The van der Waals surface area contributed by atoms with Crippen molar-refractivity contribution in [3.8, 4) is 0 Å². The molecule has 0 spiro atoms. The average molecular weight is 106 g/mol. The second kappa shape index (κ2) is 2.66. The predicted octanol–water partition coefficient (Wildman–Crippen LogP) is 0.00200. The lowest BCUT2D eigenvalue weighted by Crippen LogP contribution is -2.11. The molecular formula is C2HClNO2. The van der Waals surface area contributed by atoms with Gasteiger partial charge < -0.3 is 0 Å². The number of rotatable bonds is 1. The summed E-state index contributed by atoms with van der Waals surface area (Å²) in [5.41, 5.74) is 0. The van der Waals surface area contributed by atoms with E-state index in [0.717, 1.165) is 6.41 Å². The Morgan fingerprint density at radius 3 is 2.33 bits per heavy atom. The fourth-order valence-electron chi connectivity index (χ4n) is 0.0401. The van der Waals surface area contributed by atoms with E-state index in [1.54, 1.807) is 0 Å². The van der Waals surface area contributed by atoms with Crippen molar-refractivity contribution >= 4 is 23.4 Å². The summed E-state index contributed by atoms with van der Waals surface area (Å²) in [5.74, 6) is 0. The van der Waals surface area contributed by atoms with Crippen LogP contribution in [0, 0.1) is 0 Å². The third-order valence-electron chi connectivity index (χ3n) is 0.149. The molecule has 0 aromatic rings. The van der Waals surface area contributed by atoms with Crippen molar-refractivity contribution < 1.29 is 9.59 Å². The maximum Gasteiger partial charge on any atom is 0.320 e. The van der Waals surface area contributed by atoms with Crippen molar-refractivity contribution in [1.82, 2.24) is 5.32 Å². The highest BCUT2D eigenvalue weighted by atomic mass is 35.5. The zero-order valence-corrected chi connectivity index (χ0v) is 3.45. The van der Waals surface area contributed by atoms with Crippen LogP contribution in [0.15, 0.2) is 0 Å². The summed E-state index contributed by atoms with van der Waals surface area (Å²) < 4.78 is 0. The van der Waals surface area contributed by atoms with Crippen LogP contribution in [0.3, 0.4) is 0 Å². The zero-order chi connectivity index (χ0) is 4.99. The maximum absolute atomic E-state index is 9.44. The molecular weight excluding hydrogens is 105 g/mol. The highest BCUT2D eigenvalue weighted by molar-refractivity contribution is 6.63. The number of carbonyl (C=O) groups is 1. The normalized spacial score (nSPS) is 6.83. The molecule has 0 atom stereocenters. The molecule has 0 heterocycles. The second-order valence-electron chi connectivity index (χ2n) is 0.501. The van der Waals surface area contributed by atoms with Crippen LogP contribution in [0.1, 0.15) is 0 Å². The Hall–Kier alpha value is -0.570. The fraction of sp³-hybridized carbons (Fsp3) is 0. The molecule has 0 aromatic carbocycles. The zero-order valence-electron chi connectivity index (χ0n) is 2.69. The van der Waals surface area contributed by atoms with Gasteiger partial charge in [0, 0.05) is 0 Å². The summed E-state index contributed by atoms with van der Waals surface area (Å²) in [6.07, 6.45) is 1.09. The summed E-state index contributed by atoms with van der Waals surface area (Å²) in [7, 11) is 0. The molecule has 0 aliphatic carbocycles. The predicted molar refractivity (Wildman–Crippen MR) is 20.1 cm³/mol. The summed E-state index contributed by atoms with van der Waals surface area (Å²) >= 11 is 4.57. The molecule has 0 fully saturated rings. The highest BCUT2D eigenvalue weighted by Gasteiger charge is 1.84. The van der Waals surface area contributed by atoms with E-state index < -0.39 is 5.37 Å². The van der Waals surface area contributed by atoms with Crippen LogP contribution in [0.25, 0.3) is 0 Å². The van der Waals surface area contributed by atoms with Crippen molar-refractivity contribution in [2.75, 3.05) is 0 Å². The number of hydrogen-bond donors (Lipinski definition) is 1. The first kappa shape index (κ1) is 5.43. The van der Waals surface area contributed by atoms with Crippen molar-refractivity contribution in [2.45, 2.75) is 0 Å². The van der Waals surface area contributed by atoms with E-state index in [0.29, 0.717) is 0 Å². The molecule has 0 saturated carbocycles. The van der Waals surface area contributed by atoms with Crippen LogP contribution in [-0.2, 0) is 4.79 Å². The van der Waals surface area contributed by atoms with Gasteiger partial charge in [0.05, 0.1) is 0 Å². The molecule has 33 valence electrons. The van der Waals surface area contributed by atoms with Gasteiger partial charge in [-0.3, -0.25) is 14.9 Å². The molecule has 6 heavy (non-hydrogen) atoms. The lowest BCUT2D eigenvalue weighted by molar-refractivity contribution is 0.263. The van der Waals surface area contributed by atoms with Gasteiger partial charge in [-0.25, -0.2) is 0 Å². The van der Waals surface area contributed by atoms with Gasteiger partial charge in [0.2, 0.25) is 0 Å². The first-order valence-corrected chi connectivity index (χ1v) is 1.48. The van der Waals surface area contributed by atoms with Crippen LogP contribution >= 0.6 is 11.6 Å². The Labute approximate surface area is 39.3 Å². The largest absolute Gasteiger partial charge is 0.320 e. The fourth-order valence-corrected chi connectivity index (χ4v) is 0.0787. The minimum Gasteiger partial charge on any atom is -0.274 e. The third kappa shape index (κ3) is 3.43. The number of hydrogen-bond acceptors (Lipinski definition) is 2. The standard InChI is InChI=1S/C2HClNO2/c3-2(6)4-1-5/h(H,4,5,6). The monoisotopic (exact) mass is 106 g/mol. The summed E-state index contributed by atoms with van der Waals surface area (Å²) in [6, 6.07) is 0. The van der Waals surface area contributed by atoms with Crippen LogP contribution < -0.4 is 5.32 Å². The van der Waals surface area contributed by atoms with Gasteiger partial charge in [-0.2, -0.15) is 0 Å². The number of nitrogens with one attached hydrogen (secondary N) is 1. The summed E-state index contributed by atoms with van der Waals surface area (Å²) in [5, 5.41) is 0.617. The molecule has 3 nitrogen and oxygen atoms in total. The lowest BCUT2D eigenvalue weighted by Gasteiger charge is -1.74. The molecule has 0 rings (SSSR count). The topological polar surface area (TPSA) is 46.2 Å². The molecule has 0 bridgehead atoms. The van der Waals surface area contributed by atoms with E-state index in [1.165, 1.54) is 5.32 Å². The Kier molecular flexibility index (Phi) is 2.40. The maximum atomic E-state index is 9.44. The van der Waals surface area contributed by atoms with Crippen LogP contribution in [-0.4, -0.2) is 11.8 Å². The SMILES string of the molecule is O=[C]NC(=O)Cl. The van der Waals surface area contributed by atoms with Crippen LogP contribution in [0.2, 0.25) is 0 Å². The van der Waals surface area contributed by atoms with Gasteiger partial charge in [-0.1, -0.05) is 0 Å². The first-order valence-electron chi connectivity index (χ1n) is 1.10. The second-order valence-corrected chi connectivity index (χ2v) is 0.844. The van der Waals surface area contributed by atoms with Gasteiger partial charge in [0.15, 0.2) is 0 Å². The Morgan fingerprint density at radius 1 is 1.83 bits per heavy atom. The molecule has 0 aliphatic rings. The minimum atomic E-state index is -0.912. The first-order chi connectivity index (χ1) is 2.77. The van der Waals surface area contributed by atoms with E-state index in [4.69, 9.17) is 4.79 Å². The van der Waals surface area contributed by atoms with Gasteiger partial charge in [-0.05, 0) is 11.6 Å². The van der Waals surface area contributed by atoms with Crippen molar-refractivity contribution in [3.05, 3.63) is 0 Å².